The summed E-state index contributed by atoms with van der Waals surface area (Å²) in [6.45, 7) is 3.29. The number of sulfonamides is 2. The molecule has 0 aromatic heterocycles. The zero-order chi connectivity index (χ0) is 25.8. The van der Waals surface area contributed by atoms with E-state index in [4.69, 9.17) is 9.47 Å². The van der Waals surface area contributed by atoms with Crippen LogP contribution < -0.4 is 10.1 Å². The average molecular weight is 539 g/mol. The highest BCUT2D eigenvalue weighted by atomic mass is 32.2. The zero-order valence-electron chi connectivity index (χ0n) is 20.0. The third-order valence-corrected chi connectivity index (χ3v) is 9.87. The molecule has 0 radical (unpaired) electrons. The van der Waals surface area contributed by atoms with Gasteiger partial charge in [0.25, 0.3) is 5.91 Å². The van der Waals surface area contributed by atoms with Gasteiger partial charge in [0.1, 0.15) is 5.75 Å². The van der Waals surface area contributed by atoms with E-state index in [2.05, 4.69) is 10.2 Å². The van der Waals surface area contributed by atoms with Crippen LogP contribution in [0.25, 0.3) is 0 Å². The molecule has 36 heavy (non-hydrogen) atoms. The number of likely N-dealkylation sites (N-methyl/N-ethyl adjacent to an activating group) is 1. The molecule has 1 N–H and O–H groups in total. The predicted octanol–water partition coefficient (Wildman–Crippen LogP) is 0.661. The number of nitrogens with zero attached hydrogens (tertiary/aromatic N) is 3. The summed E-state index contributed by atoms with van der Waals surface area (Å²) in [7, 11) is -5.23. The first-order valence-corrected chi connectivity index (χ1v) is 14.4. The highest BCUT2D eigenvalue weighted by Crippen LogP contribution is 2.22. The molecule has 0 bridgehead atoms. The van der Waals surface area contributed by atoms with Crippen LogP contribution in [0, 0.1) is 0 Å². The van der Waals surface area contributed by atoms with Crippen molar-refractivity contribution in [1.29, 1.82) is 0 Å². The summed E-state index contributed by atoms with van der Waals surface area (Å²) in [6, 6.07) is 11.9. The monoisotopic (exact) mass is 538 g/mol. The highest BCUT2D eigenvalue weighted by Gasteiger charge is 2.28. The molecule has 2 fully saturated rings. The molecule has 11 nitrogen and oxygen atoms in total. The van der Waals surface area contributed by atoms with Crippen LogP contribution in [0.2, 0.25) is 0 Å². The van der Waals surface area contributed by atoms with Crippen molar-refractivity contribution in [2.24, 2.45) is 0 Å². The van der Waals surface area contributed by atoms with Crippen molar-refractivity contribution in [2.75, 3.05) is 71.5 Å². The minimum Gasteiger partial charge on any atom is -0.484 e. The van der Waals surface area contributed by atoms with Crippen molar-refractivity contribution < 1.29 is 31.1 Å². The molecule has 2 saturated heterocycles. The van der Waals surface area contributed by atoms with Crippen LogP contribution in [0.15, 0.2) is 58.3 Å². The van der Waals surface area contributed by atoms with Gasteiger partial charge in [-0.2, -0.15) is 8.61 Å². The molecule has 0 spiro atoms. The average Bonchev–Trinajstić information content (AvgIpc) is 2.89. The number of morpholine rings is 1. The number of amides is 1. The Morgan fingerprint density at radius 2 is 1.31 bits per heavy atom. The van der Waals surface area contributed by atoms with Crippen LogP contribution >= 0.6 is 0 Å². The Hall–Kier alpha value is -2.55. The molecule has 2 aromatic carbocycles. The molecule has 0 saturated carbocycles. The van der Waals surface area contributed by atoms with Crippen LogP contribution in [0.3, 0.4) is 0 Å². The lowest BCUT2D eigenvalue weighted by molar-refractivity contribution is -0.118. The van der Waals surface area contributed by atoms with Crippen LogP contribution in [0.4, 0.5) is 5.69 Å². The lowest BCUT2D eigenvalue weighted by Gasteiger charge is -2.31. The minimum atomic E-state index is -3.60. The van der Waals surface area contributed by atoms with E-state index in [1.165, 1.54) is 57.1 Å². The number of hydrogen-bond donors (Lipinski definition) is 1. The Bertz CT molecular complexity index is 1250. The summed E-state index contributed by atoms with van der Waals surface area (Å²) in [5, 5.41) is 2.66. The normalized spacial score (nSPS) is 18.6. The Kier molecular flexibility index (Phi) is 8.27. The second-order valence-corrected chi connectivity index (χ2v) is 12.4. The molecule has 13 heteroatoms. The van der Waals surface area contributed by atoms with Gasteiger partial charge in [-0.15, -0.1) is 0 Å². The summed E-state index contributed by atoms with van der Waals surface area (Å²) in [5.41, 5.74) is 0.438. The second-order valence-electron chi connectivity index (χ2n) is 8.56. The summed E-state index contributed by atoms with van der Waals surface area (Å²) >= 11 is 0. The molecule has 1 amide bonds. The first-order valence-electron chi connectivity index (χ1n) is 11.6. The van der Waals surface area contributed by atoms with Gasteiger partial charge < -0.3 is 19.7 Å². The molecular formula is C23H30N4O7S2. The van der Waals surface area contributed by atoms with Crippen molar-refractivity contribution in [3.63, 3.8) is 0 Å². The van der Waals surface area contributed by atoms with E-state index < -0.39 is 26.0 Å². The molecule has 4 rings (SSSR count). The molecule has 196 valence electrons. The SMILES string of the molecule is CN1CCN(S(=O)(=O)c2ccc(NC(=O)COc3ccc(S(=O)(=O)N4CCOCC4)cc3)cc2)CC1. The first kappa shape index (κ1) is 26.5. The lowest BCUT2D eigenvalue weighted by atomic mass is 10.3. The summed E-state index contributed by atoms with van der Waals surface area (Å²) in [6.07, 6.45) is 0. The van der Waals surface area contributed by atoms with E-state index >= 15 is 0 Å². The second kappa shape index (κ2) is 11.2. The van der Waals surface area contributed by atoms with Gasteiger partial charge >= 0.3 is 0 Å². The van der Waals surface area contributed by atoms with E-state index in [1.54, 1.807) is 0 Å². The molecule has 0 unspecified atom stereocenters. The summed E-state index contributed by atoms with van der Waals surface area (Å²) < 4.78 is 64.5. The fourth-order valence-corrected chi connectivity index (χ4v) is 6.71. The Morgan fingerprint density at radius 3 is 1.86 bits per heavy atom. The van der Waals surface area contributed by atoms with Gasteiger partial charge in [-0.3, -0.25) is 4.79 Å². The maximum absolute atomic E-state index is 12.8. The van der Waals surface area contributed by atoms with Crippen molar-refractivity contribution in [3.8, 4) is 5.75 Å². The number of ether oxygens (including phenoxy) is 2. The van der Waals surface area contributed by atoms with Gasteiger partial charge in [-0.05, 0) is 55.6 Å². The van der Waals surface area contributed by atoms with Gasteiger partial charge in [0.15, 0.2) is 6.61 Å². The number of hydrogen-bond acceptors (Lipinski definition) is 8. The van der Waals surface area contributed by atoms with E-state index in [0.717, 1.165) is 0 Å². The Labute approximate surface area is 211 Å². The molecule has 2 aliphatic rings. The highest BCUT2D eigenvalue weighted by molar-refractivity contribution is 7.89. The van der Waals surface area contributed by atoms with E-state index in [1.807, 2.05) is 7.05 Å². The van der Waals surface area contributed by atoms with Gasteiger partial charge in [-0.1, -0.05) is 0 Å². The van der Waals surface area contributed by atoms with Crippen LogP contribution in [0.1, 0.15) is 0 Å². The van der Waals surface area contributed by atoms with Gasteiger partial charge in [0.2, 0.25) is 20.0 Å². The minimum absolute atomic E-state index is 0.146. The first-order chi connectivity index (χ1) is 17.2. The van der Waals surface area contributed by atoms with Crippen molar-refractivity contribution in [3.05, 3.63) is 48.5 Å². The number of piperazine rings is 1. The summed E-state index contributed by atoms with van der Waals surface area (Å²) in [4.78, 5) is 14.7. The Balaban J connectivity index is 1.29. The van der Waals surface area contributed by atoms with Crippen LogP contribution in [0.5, 0.6) is 5.75 Å². The number of benzene rings is 2. The van der Waals surface area contributed by atoms with Gasteiger partial charge in [-0.25, -0.2) is 16.8 Å². The summed E-state index contributed by atoms with van der Waals surface area (Å²) in [5.74, 6) is -0.0885. The van der Waals surface area contributed by atoms with Gasteiger partial charge in [0, 0.05) is 45.0 Å². The van der Waals surface area contributed by atoms with Crippen LogP contribution in [-0.2, 0) is 29.6 Å². The molecule has 2 heterocycles. The maximum Gasteiger partial charge on any atom is 0.262 e. The number of carbonyl (C=O) groups is 1. The lowest BCUT2D eigenvalue weighted by Crippen LogP contribution is -2.46. The smallest absolute Gasteiger partial charge is 0.262 e. The third-order valence-electron chi connectivity index (χ3n) is 6.04. The fraction of sp³-hybridized carbons (Fsp3) is 0.435. The fourth-order valence-electron chi connectivity index (χ4n) is 3.88. The standard InChI is InChI=1S/C23H30N4O7S2/c1-25-10-12-26(13-11-25)35(29,30)21-6-2-19(3-7-21)24-23(28)18-34-20-4-8-22(9-5-20)36(31,32)27-14-16-33-17-15-27/h2-9H,10-18H2,1H3,(H,24,28). The largest absolute Gasteiger partial charge is 0.484 e. The number of anilines is 1. The van der Waals surface area contributed by atoms with Gasteiger partial charge in [0.05, 0.1) is 23.0 Å². The molecular weight excluding hydrogens is 508 g/mol. The van der Waals surface area contributed by atoms with Crippen LogP contribution in [-0.4, -0.2) is 102 Å². The molecule has 2 aliphatic heterocycles. The third kappa shape index (κ3) is 6.22. The number of carbonyl (C=O) groups excluding carboxylic acids is 1. The molecule has 0 atom stereocenters. The van der Waals surface area contributed by atoms with Crippen molar-refractivity contribution in [2.45, 2.75) is 9.79 Å². The Morgan fingerprint density at radius 1 is 0.806 bits per heavy atom. The van der Waals surface area contributed by atoms with E-state index in [9.17, 15) is 21.6 Å². The van der Waals surface area contributed by atoms with E-state index in [-0.39, 0.29) is 16.4 Å². The predicted molar refractivity (Wildman–Crippen MR) is 133 cm³/mol. The quantitative estimate of drug-likeness (QED) is 0.520. The molecule has 0 aliphatic carbocycles. The zero-order valence-corrected chi connectivity index (χ0v) is 21.6. The van der Waals surface area contributed by atoms with Crippen molar-refractivity contribution in [1.82, 2.24) is 13.5 Å². The molecule has 2 aromatic rings. The van der Waals surface area contributed by atoms with Crippen molar-refractivity contribution >= 4 is 31.6 Å². The number of nitrogens with one attached hydrogen (secondary N) is 1. The number of rotatable bonds is 8. The van der Waals surface area contributed by atoms with E-state index in [0.29, 0.717) is 63.9 Å². The maximum atomic E-state index is 12.8. The topological polar surface area (TPSA) is 126 Å².